The summed E-state index contributed by atoms with van der Waals surface area (Å²) in [7, 11) is 0. The second-order valence-corrected chi connectivity index (χ2v) is 6.26. The maximum Gasteiger partial charge on any atom is 0.128 e. The number of thioether (sulfide) groups is 1. The van der Waals surface area contributed by atoms with Gasteiger partial charge in [0.15, 0.2) is 0 Å². The molecule has 3 rings (SSSR count). The molecule has 0 aromatic carbocycles. The number of aromatic nitrogens is 2. The van der Waals surface area contributed by atoms with Crippen molar-refractivity contribution in [1.29, 1.82) is 0 Å². The van der Waals surface area contributed by atoms with Gasteiger partial charge in [-0.1, -0.05) is 6.08 Å². The van der Waals surface area contributed by atoms with Crippen LogP contribution in [0.2, 0.25) is 0 Å². The van der Waals surface area contributed by atoms with E-state index in [0.717, 1.165) is 10.8 Å². The largest absolute Gasteiger partial charge is 0.229 e. The molecule has 1 aliphatic rings. The molecular weight excluding hydrogens is 248 g/mol. The Kier molecular flexibility index (Phi) is 3.16. The third-order valence-electron chi connectivity index (χ3n) is 3.05. The van der Waals surface area contributed by atoms with E-state index < -0.39 is 0 Å². The molecule has 0 bridgehead atoms. The molecule has 4 heteroatoms. The molecule has 0 N–H and O–H groups in total. The van der Waals surface area contributed by atoms with Crippen molar-refractivity contribution < 1.29 is 0 Å². The van der Waals surface area contributed by atoms with Gasteiger partial charge in [-0.25, -0.2) is 9.97 Å². The highest BCUT2D eigenvalue weighted by molar-refractivity contribution is 7.99. The fraction of sp³-hybridized carbons (Fsp3) is 0.385. The zero-order valence-corrected chi connectivity index (χ0v) is 11.2. The lowest BCUT2D eigenvalue weighted by atomic mass is 9.97. The normalized spacial score (nSPS) is 14.8. The minimum atomic E-state index is 0.913. The lowest BCUT2D eigenvalue weighted by Crippen LogP contribution is -1.98. The molecule has 0 unspecified atom stereocenters. The molecular formula is C13H14N2S2. The Balaban J connectivity index is 2.15. The van der Waals surface area contributed by atoms with Crippen LogP contribution in [-0.2, 0) is 12.8 Å². The van der Waals surface area contributed by atoms with Crippen LogP contribution in [0.4, 0.5) is 0 Å². The molecule has 0 aliphatic heterocycles. The predicted octanol–water partition coefficient (Wildman–Crippen LogP) is 3.85. The molecule has 2 nitrogen and oxygen atoms in total. The Morgan fingerprint density at radius 3 is 3.12 bits per heavy atom. The topological polar surface area (TPSA) is 25.8 Å². The Hall–Kier alpha value is -0.870. The minimum Gasteiger partial charge on any atom is -0.229 e. The highest BCUT2D eigenvalue weighted by atomic mass is 32.2. The van der Waals surface area contributed by atoms with Crippen molar-refractivity contribution in [2.75, 3.05) is 5.75 Å². The van der Waals surface area contributed by atoms with E-state index in [4.69, 9.17) is 0 Å². The van der Waals surface area contributed by atoms with Gasteiger partial charge < -0.3 is 0 Å². The second-order valence-electron chi connectivity index (χ2n) is 4.17. The molecule has 88 valence electrons. The highest BCUT2D eigenvalue weighted by Crippen LogP contribution is 2.39. The van der Waals surface area contributed by atoms with Crippen molar-refractivity contribution in [3.05, 3.63) is 29.4 Å². The van der Waals surface area contributed by atoms with Gasteiger partial charge in [-0.3, -0.25) is 0 Å². The second kappa shape index (κ2) is 4.78. The van der Waals surface area contributed by atoms with E-state index in [1.807, 2.05) is 17.4 Å². The lowest BCUT2D eigenvalue weighted by molar-refractivity contribution is 0.699. The Labute approximate surface area is 109 Å². The summed E-state index contributed by atoms with van der Waals surface area (Å²) in [5, 5.41) is 2.45. The first-order valence-corrected chi connectivity index (χ1v) is 7.69. The molecule has 0 saturated carbocycles. The van der Waals surface area contributed by atoms with Gasteiger partial charge in [-0.2, -0.15) is 0 Å². The summed E-state index contributed by atoms with van der Waals surface area (Å²) in [5.41, 5.74) is 1.52. The average Bonchev–Trinajstić information content (AvgIpc) is 2.75. The summed E-state index contributed by atoms with van der Waals surface area (Å²) < 4.78 is 0. The molecule has 0 radical (unpaired) electrons. The quantitative estimate of drug-likeness (QED) is 0.477. The number of fused-ring (bicyclic) bond motifs is 3. The molecule has 2 aromatic rings. The van der Waals surface area contributed by atoms with Crippen LogP contribution in [0.3, 0.4) is 0 Å². The predicted molar refractivity (Wildman–Crippen MR) is 75.0 cm³/mol. The van der Waals surface area contributed by atoms with Crippen LogP contribution in [0.5, 0.6) is 0 Å². The van der Waals surface area contributed by atoms with E-state index in [1.54, 1.807) is 18.1 Å². The molecule has 0 atom stereocenters. The molecule has 17 heavy (non-hydrogen) atoms. The average molecular weight is 262 g/mol. The number of hydrogen-bond donors (Lipinski definition) is 0. The van der Waals surface area contributed by atoms with Gasteiger partial charge in [0.1, 0.15) is 16.2 Å². The number of hydrogen-bond acceptors (Lipinski definition) is 4. The zero-order chi connectivity index (χ0) is 11.7. The molecule has 2 aromatic heterocycles. The smallest absolute Gasteiger partial charge is 0.128 e. The van der Waals surface area contributed by atoms with Crippen molar-refractivity contribution in [3.63, 3.8) is 0 Å². The van der Waals surface area contributed by atoms with E-state index >= 15 is 0 Å². The third kappa shape index (κ3) is 2.00. The van der Waals surface area contributed by atoms with E-state index in [0.29, 0.717) is 0 Å². The van der Waals surface area contributed by atoms with Gasteiger partial charge in [0.05, 0.1) is 0 Å². The minimum absolute atomic E-state index is 0.913. The highest BCUT2D eigenvalue weighted by Gasteiger charge is 2.19. The molecule has 1 aliphatic carbocycles. The standard InChI is InChI=1S/C13H14N2S2/c1-2-7-16-12-11-9-5-3-4-6-10(9)17-13(11)15-8-14-12/h2,8H,1,3-7H2. The summed E-state index contributed by atoms with van der Waals surface area (Å²) in [5.74, 6) is 0.913. The van der Waals surface area contributed by atoms with Crippen LogP contribution in [0.25, 0.3) is 10.2 Å². The van der Waals surface area contributed by atoms with Crippen LogP contribution < -0.4 is 0 Å². The van der Waals surface area contributed by atoms with Crippen molar-refractivity contribution >= 4 is 33.3 Å². The van der Waals surface area contributed by atoms with Gasteiger partial charge in [0, 0.05) is 16.0 Å². The number of nitrogens with zero attached hydrogens (tertiary/aromatic N) is 2. The molecule has 0 amide bonds. The first kappa shape index (κ1) is 11.2. The third-order valence-corrected chi connectivity index (χ3v) is 5.24. The number of rotatable bonds is 3. The number of aryl methyl sites for hydroxylation is 2. The molecule has 0 saturated heterocycles. The molecule has 2 heterocycles. The van der Waals surface area contributed by atoms with Crippen LogP contribution >= 0.6 is 23.1 Å². The summed E-state index contributed by atoms with van der Waals surface area (Å²) >= 11 is 3.62. The van der Waals surface area contributed by atoms with Crippen molar-refractivity contribution in [2.24, 2.45) is 0 Å². The maximum atomic E-state index is 4.44. The molecule has 0 spiro atoms. The van der Waals surface area contributed by atoms with Crippen molar-refractivity contribution in [1.82, 2.24) is 9.97 Å². The molecule has 0 fully saturated rings. The monoisotopic (exact) mass is 262 g/mol. The zero-order valence-electron chi connectivity index (χ0n) is 9.61. The van der Waals surface area contributed by atoms with Crippen molar-refractivity contribution in [2.45, 2.75) is 30.7 Å². The van der Waals surface area contributed by atoms with Crippen LogP contribution in [0.15, 0.2) is 24.0 Å². The van der Waals surface area contributed by atoms with Gasteiger partial charge in [0.2, 0.25) is 0 Å². The van der Waals surface area contributed by atoms with E-state index in [9.17, 15) is 0 Å². The van der Waals surface area contributed by atoms with Crippen molar-refractivity contribution in [3.8, 4) is 0 Å². The van der Waals surface area contributed by atoms with E-state index in [-0.39, 0.29) is 0 Å². The van der Waals surface area contributed by atoms with E-state index in [1.165, 1.54) is 46.3 Å². The fourth-order valence-corrected chi connectivity index (χ4v) is 4.36. The maximum absolute atomic E-state index is 4.44. The van der Waals surface area contributed by atoms with Gasteiger partial charge in [0.25, 0.3) is 0 Å². The summed E-state index contributed by atoms with van der Waals surface area (Å²) in [4.78, 5) is 11.6. The van der Waals surface area contributed by atoms with Gasteiger partial charge in [-0.05, 0) is 31.2 Å². The van der Waals surface area contributed by atoms with Crippen LogP contribution in [0.1, 0.15) is 23.3 Å². The Bertz CT molecular complexity index is 560. The fourth-order valence-electron chi connectivity index (χ4n) is 2.31. The summed E-state index contributed by atoms with van der Waals surface area (Å²) in [6.07, 6.45) is 8.67. The first-order chi connectivity index (χ1) is 8.40. The van der Waals surface area contributed by atoms with Crippen LogP contribution in [0, 0.1) is 0 Å². The first-order valence-electron chi connectivity index (χ1n) is 5.89. The SMILES string of the molecule is C=CCSc1ncnc2sc3c(c12)CCCC3. The Morgan fingerprint density at radius 2 is 2.24 bits per heavy atom. The summed E-state index contributed by atoms with van der Waals surface area (Å²) in [6.45, 7) is 3.77. The lowest BCUT2D eigenvalue weighted by Gasteiger charge is -2.11. The summed E-state index contributed by atoms with van der Waals surface area (Å²) in [6, 6.07) is 0. The van der Waals surface area contributed by atoms with Gasteiger partial charge >= 0.3 is 0 Å². The van der Waals surface area contributed by atoms with E-state index in [2.05, 4.69) is 16.5 Å². The number of thiophene rings is 1. The Morgan fingerprint density at radius 1 is 1.35 bits per heavy atom. The van der Waals surface area contributed by atoms with Gasteiger partial charge in [-0.15, -0.1) is 29.7 Å². The van der Waals surface area contributed by atoms with Crippen LogP contribution in [-0.4, -0.2) is 15.7 Å².